The van der Waals surface area contributed by atoms with Gasteiger partial charge < -0.3 is 4.74 Å². The summed E-state index contributed by atoms with van der Waals surface area (Å²) in [5.41, 5.74) is 0. The van der Waals surface area contributed by atoms with Crippen LogP contribution in [0.2, 0.25) is 0 Å². The fourth-order valence-corrected chi connectivity index (χ4v) is 1.54. The molecule has 2 nitrogen and oxygen atoms in total. The van der Waals surface area contributed by atoms with E-state index in [1.165, 1.54) is 0 Å². The summed E-state index contributed by atoms with van der Waals surface area (Å²) in [5, 5.41) is 0. The quantitative estimate of drug-likeness (QED) is 0.569. The van der Waals surface area contributed by atoms with Crippen molar-refractivity contribution < 1.29 is 4.74 Å². The van der Waals surface area contributed by atoms with E-state index in [0.717, 1.165) is 26.1 Å². The monoisotopic (exact) mass is 181 g/mol. The molecule has 1 rings (SSSR count). The van der Waals surface area contributed by atoms with Gasteiger partial charge in [0, 0.05) is 19.5 Å². The molecule has 2 atom stereocenters. The van der Waals surface area contributed by atoms with Crippen molar-refractivity contribution >= 4 is 0 Å². The largest absolute Gasteiger partial charge is 0.376 e. The van der Waals surface area contributed by atoms with E-state index in [4.69, 9.17) is 4.74 Å². The summed E-state index contributed by atoms with van der Waals surface area (Å²) >= 11 is 0. The summed E-state index contributed by atoms with van der Waals surface area (Å²) in [6, 6.07) is 0.381. The predicted molar refractivity (Wildman–Crippen MR) is 54.5 cm³/mol. The Balaban J connectivity index is 2.41. The fraction of sp³-hybridized carbons (Fsp3) is 0.818. The minimum atomic E-state index is 0.361. The molecule has 0 aromatic carbocycles. The maximum atomic E-state index is 5.47. The third kappa shape index (κ3) is 3.38. The Morgan fingerprint density at radius 2 is 2.38 bits per heavy atom. The summed E-state index contributed by atoms with van der Waals surface area (Å²) in [7, 11) is 0. The highest BCUT2D eigenvalue weighted by Crippen LogP contribution is 2.07. The summed E-state index contributed by atoms with van der Waals surface area (Å²) < 4.78 is 5.47. The van der Waals surface area contributed by atoms with Gasteiger partial charge in [0.1, 0.15) is 0 Å². The SMILES string of the molecule is CCC#CC(C)N1CCOC(C)C1. The first kappa shape index (κ1) is 10.6. The highest BCUT2D eigenvalue weighted by atomic mass is 16.5. The van der Waals surface area contributed by atoms with Crippen molar-refractivity contribution in [1.29, 1.82) is 0 Å². The Labute approximate surface area is 81.3 Å². The van der Waals surface area contributed by atoms with Gasteiger partial charge in [0.15, 0.2) is 0 Å². The summed E-state index contributed by atoms with van der Waals surface area (Å²) in [4.78, 5) is 2.39. The highest BCUT2D eigenvalue weighted by molar-refractivity contribution is 5.06. The molecule has 0 bridgehead atoms. The molecule has 1 heterocycles. The second-order valence-corrected chi connectivity index (χ2v) is 3.53. The molecule has 0 aromatic heterocycles. The van der Waals surface area contributed by atoms with Gasteiger partial charge in [-0.2, -0.15) is 0 Å². The second-order valence-electron chi connectivity index (χ2n) is 3.53. The maximum absolute atomic E-state index is 5.47. The third-order valence-corrected chi connectivity index (χ3v) is 2.31. The van der Waals surface area contributed by atoms with Gasteiger partial charge in [-0.3, -0.25) is 4.90 Å². The Hall–Kier alpha value is -0.520. The van der Waals surface area contributed by atoms with Crippen LogP contribution in [0.4, 0.5) is 0 Å². The van der Waals surface area contributed by atoms with Crippen LogP contribution in [0.5, 0.6) is 0 Å². The third-order valence-electron chi connectivity index (χ3n) is 2.31. The summed E-state index contributed by atoms with van der Waals surface area (Å²) in [6.07, 6.45) is 1.31. The van der Waals surface area contributed by atoms with E-state index < -0.39 is 0 Å². The van der Waals surface area contributed by atoms with Crippen molar-refractivity contribution in [2.45, 2.75) is 39.3 Å². The van der Waals surface area contributed by atoms with Crippen LogP contribution in [0.1, 0.15) is 27.2 Å². The summed E-state index contributed by atoms with van der Waals surface area (Å²) in [6.45, 7) is 9.25. The molecule has 1 fully saturated rings. The van der Waals surface area contributed by atoms with Gasteiger partial charge in [-0.1, -0.05) is 12.8 Å². The molecule has 0 N–H and O–H groups in total. The number of morpholine rings is 1. The lowest BCUT2D eigenvalue weighted by Crippen LogP contribution is -2.45. The molecule has 0 saturated carbocycles. The molecule has 2 unspecified atom stereocenters. The first-order valence-electron chi connectivity index (χ1n) is 5.08. The average molecular weight is 181 g/mol. The Bertz CT molecular complexity index is 204. The number of hydrogen-bond acceptors (Lipinski definition) is 2. The van der Waals surface area contributed by atoms with E-state index in [0.29, 0.717) is 12.1 Å². The molecule has 0 aromatic rings. The lowest BCUT2D eigenvalue weighted by molar-refractivity contribution is -0.0241. The van der Waals surface area contributed by atoms with Crippen molar-refractivity contribution in [3.8, 4) is 11.8 Å². The lowest BCUT2D eigenvalue weighted by Gasteiger charge is -2.33. The molecule has 74 valence electrons. The van der Waals surface area contributed by atoms with E-state index in [-0.39, 0.29) is 0 Å². The predicted octanol–water partition coefficient (Wildman–Crippen LogP) is 1.51. The lowest BCUT2D eigenvalue weighted by atomic mass is 10.2. The van der Waals surface area contributed by atoms with Gasteiger partial charge in [-0.05, 0) is 13.8 Å². The normalized spacial score (nSPS) is 26.2. The van der Waals surface area contributed by atoms with Crippen molar-refractivity contribution in [2.24, 2.45) is 0 Å². The van der Waals surface area contributed by atoms with Gasteiger partial charge >= 0.3 is 0 Å². The standard InChI is InChI=1S/C11H19NO/c1-4-5-6-10(2)12-7-8-13-11(3)9-12/h10-11H,4,7-9H2,1-3H3. The van der Waals surface area contributed by atoms with Crippen LogP contribution in [0.3, 0.4) is 0 Å². The van der Waals surface area contributed by atoms with Crippen LogP contribution < -0.4 is 0 Å². The Kier molecular flexibility index (Phi) is 4.27. The van der Waals surface area contributed by atoms with Crippen molar-refractivity contribution in [3.63, 3.8) is 0 Å². The van der Waals surface area contributed by atoms with Crippen LogP contribution in [-0.2, 0) is 4.74 Å². The van der Waals surface area contributed by atoms with Crippen LogP contribution >= 0.6 is 0 Å². The number of ether oxygens (including phenoxy) is 1. The topological polar surface area (TPSA) is 12.5 Å². The maximum Gasteiger partial charge on any atom is 0.0687 e. The molecule has 0 spiro atoms. The van der Waals surface area contributed by atoms with Crippen LogP contribution in [0.15, 0.2) is 0 Å². The zero-order chi connectivity index (χ0) is 9.68. The van der Waals surface area contributed by atoms with Crippen LogP contribution in [0, 0.1) is 11.8 Å². The first-order chi connectivity index (χ1) is 6.24. The average Bonchev–Trinajstić information content (AvgIpc) is 2.14. The van der Waals surface area contributed by atoms with Gasteiger partial charge in [0.25, 0.3) is 0 Å². The number of rotatable bonds is 1. The molecule has 1 aliphatic heterocycles. The summed E-state index contributed by atoms with van der Waals surface area (Å²) in [5.74, 6) is 6.37. The molecular weight excluding hydrogens is 162 g/mol. The minimum Gasteiger partial charge on any atom is -0.376 e. The van der Waals surface area contributed by atoms with Crippen molar-refractivity contribution in [2.75, 3.05) is 19.7 Å². The van der Waals surface area contributed by atoms with Crippen molar-refractivity contribution in [3.05, 3.63) is 0 Å². The van der Waals surface area contributed by atoms with Gasteiger partial charge in [0.05, 0.1) is 18.8 Å². The fourth-order valence-electron chi connectivity index (χ4n) is 1.54. The first-order valence-corrected chi connectivity index (χ1v) is 5.08. The molecule has 0 radical (unpaired) electrons. The second kappa shape index (κ2) is 5.26. The molecule has 0 aliphatic carbocycles. The van der Waals surface area contributed by atoms with Crippen LogP contribution in [0.25, 0.3) is 0 Å². The zero-order valence-electron chi connectivity index (χ0n) is 8.84. The minimum absolute atomic E-state index is 0.361. The van der Waals surface area contributed by atoms with Gasteiger partial charge in [-0.25, -0.2) is 0 Å². The Morgan fingerprint density at radius 1 is 1.62 bits per heavy atom. The van der Waals surface area contributed by atoms with Crippen molar-refractivity contribution in [1.82, 2.24) is 4.90 Å². The molecule has 1 saturated heterocycles. The molecule has 0 amide bonds. The number of nitrogens with zero attached hydrogens (tertiary/aromatic N) is 1. The smallest absolute Gasteiger partial charge is 0.0687 e. The Morgan fingerprint density at radius 3 is 3.00 bits per heavy atom. The van der Waals surface area contributed by atoms with Crippen LogP contribution in [-0.4, -0.2) is 36.7 Å². The van der Waals surface area contributed by atoms with E-state index in [1.807, 2.05) is 0 Å². The van der Waals surface area contributed by atoms with E-state index in [1.54, 1.807) is 0 Å². The van der Waals surface area contributed by atoms with Gasteiger partial charge in [-0.15, -0.1) is 5.92 Å². The van der Waals surface area contributed by atoms with E-state index in [9.17, 15) is 0 Å². The van der Waals surface area contributed by atoms with E-state index >= 15 is 0 Å². The van der Waals surface area contributed by atoms with Gasteiger partial charge in [0.2, 0.25) is 0 Å². The highest BCUT2D eigenvalue weighted by Gasteiger charge is 2.19. The molecule has 13 heavy (non-hydrogen) atoms. The zero-order valence-corrected chi connectivity index (χ0v) is 8.84. The molecule has 1 aliphatic rings. The number of hydrogen-bond donors (Lipinski definition) is 0. The molecular formula is C11H19NO. The van der Waals surface area contributed by atoms with E-state index in [2.05, 4.69) is 37.5 Å². The molecule has 2 heteroatoms.